The second-order valence-electron chi connectivity index (χ2n) is 10.9. The number of aromatic nitrogens is 1. The van der Waals surface area contributed by atoms with Crippen LogP contribution in [-0.4, -0.2) is 30.5 Å². The Hall–Kier alpha value is -0.932. The predicted octanol–water partition coefficient (Wildman–Crippen LogP) is -0.106. The second-order valence-corrected chi connectivity index (χ2v) is 10.9. The Kier molecular flexibility index (Phi) is 13.1. The average Bonchev–Trinajstić information content (AvgIpc) is 3.17. The van der Waals surface area contributed by atoms with Crippen molar-refractivity contribution in [3.63, 3.8) is 0 Å². The second kappa shape index (κ2) is 15.0. The summed E-state index contributed by atoms with van der Waals surface area (Å²) in [4.78, 5) is 16.9. The predicted molar refractivity (Wildman–Crippen MR) is 136 cm³/mol. The number of pyridine rings is 1. The van der Waals surface area contributed by atoms with E-state index in [-0.39, 0.29) is 51.3 Å². The van der Waals surface area contributed by atoms with Gasteiger partial charge < -0.3 is 34.9 Å². The minimum Gasteiger partial charge on any atom is -1.00 e. The molecule has 206 valence electrons. The molecule has 1 aromatic carbocycles. The summed E-state index contributed by atoms with van der Waals surface area (Å²) in [6, 6.07) is 12.9. The minimum absolute atomic E-state index is 0. The number of nitrogens with one attached hydrogen (secondary N) is 1. The number of ether oxygens (including phenoxy) is 1. The van der Waals surface area contributed by atoms with Gasteiger partial charge in [0.15, 0.2) is 0 Å². The van der Waals surface area contributed by atoms with Crippen molar-refractivity contribution in [3.8, 4) is 5.75 Å². The van der Waals surface area contributed by atoms with Crippen LogP contribution in [0.4, 0.5) is 0 Å². The van der Waals surface area contributed by atoms with Gasteiger partial charge in [-0.1, -0.05) is 19.1 Å². The third kappa shape index (κ3) is 7.38. The number of carbonyl (C=O) groups excluding carboxylic acids is 1. The number of hydrogen-bond acceptors (Lipinski definition) is 4. The van der Waals surface area contributed by atoms with E-state index in [1.807, 2.05) is 18.3 Å². The molecular formula is C30H40Cl2N2O2Pt. The molecule has 1 heterocycles. The molecule has 0 spiro atoms. The van der Waals surface area contributed by atoms with Gasteiger partial charge in [-0.25, -0.2) is 0 Å². The summed E-state index contributed by atoms with van der Waals surface area (Å²) in [5.74, 6) is 3.51. The van der Waals surface area contributed by atoms with Gasteiger partial charge in [0.1, 0.15) is 11.5 Å². The molecule has 3 aliphatic rings. The molecule has 0 bridgehead atoms. The summed E-state index contributed by atoms with van der Waals surface area (Å²) in [5.41, 5.74) is 4.15. The minimum atomic E-state index is -0.0314. The molecule has 4 nitrogen and oxygen atoms in total. The van der Waals surface area contributed by atoms with Crippen molar-refractivity contribution >= 4 is 5.78 Å². The summed E-state index contributed by atoms with van der Waals surface area (Å²) in [7, 11) is 0. The molecule has 4 atom stereocenters. The van der Waals surface area contributed by atoms with Crippen LogP contribution in [0, 0.1) is 17.3 Å². The first kappa shape index (κ1) is 32.3. The van der Waals surface area contributed by atoms with Crippen LogP contribution in [-0.2, 0) is 38.7 Å². The molecule has 37 heavy (non-hydrogen) atoms. The van der Waals surface area contributed by atoms with Crippen LogP contribution in [0.25, 0.3) is 0 Å². The van der Waals surface area contributed by atoms with E-state index in [9.17, 15) is 4.79 Å². The first-order valence-electron chi connectivity index (χ1n) is 13.5. The average molecular weight is 727 g/mol. The standard InChI is InChI=1S/C30H40N2O2.2ClH.Pt/c1-30-16-14-26-25-11-9-24(21-22(25)8-10-27(26)28(30)12-13-29(30)33)34-20-6-2-4-17-31-19-15-23-7-3-5-18-32-23;;;/h3,5,7,9,11,18,21,26-28,31H,2,4,6,8,10,12-17,19-20H2,1H3;2*1H;/q;;;+2/p-2/t26?,27?,28?,30-;;;/m0.../s1. The van der Waals surface area contributed by atoms with Gasteiger partial charge in [0.05, 0.1) is 6.61 Å². The zero-order valence-corrected chi connectivity index (χ0v) is 25.6. The van der Waals surface area contributed by atoms with Crippen LogP contribution in [0.5, 0.6) is 5.75 Å². The van der Waals surface area contributed by atoms with E-state index in [0.29, 0.717) is 23.5 Å². The molecule has 7 heteroatoms. The summed E-state index contributed by atoms with van der Waals surface area (Å²) >= 11 is 0. The van der Waals surface area contributed by atoms with Crippen molar-refractivity contribution in [3.05, 3.63) is 59.4 Å². The van der Waals surface area contributed by atoms with Crippen molar-refractivity contribution in [2.75, 3.05) is 19.7 Å². The number of benzene rings is 1. The van der Waals surface area contributed by atoms with Crippen LogP contribution in [0.3, 0.4) is 0 Å². The molecule has 5 rings (SSSR count). The van der Waals surface area contributed by atoms with Crippen LogP contribution in [0.2, 0.25) is 0 Å². The SMILES string of the molecule is C[C@]12CCC3c4ccc(OCCCCCNCCc5ccccn5)cc4CCC3C1CCC2=O.[Cl-].[Cl-].[Pt+2]. The summed E-state index contributed by atoms with van der Waals surface area (Å²) < 4.78 is 6.12. The van der Waals surface area contributed by atoms with Gasteiger partial charge >= 0.3 is 21.1 Å². The van der Waals surface area contributed by atoms with E-state index < -0.39 is 0 Å². The van der Waals surface area contributed by atoms with E-state index in [0.717, 1.165) is 69.7 Å². The number of Topliss-reactive ketones (excluding diaryl/α,β-unsaturated/α-hetero) is 1. The number of hydrogen-bond donors (Lipinski definition) is 1. The number of aryl methyl sites for hydroxylation is 1. The Balaban J connectivity index is 0.00000160. The zero-order valence-electron chi connectivity index (χ0n) is 21.8. The van der Waals surface area contributed by atoms with Crippen LogP contribution in [0.1, 0.15) is 81.0 Å². The number of fused-ring (bicyclic) bond motifs is 5. The quantitative estimate of drug-likeness (QED) is 0.348. The molecule has 0 aliphatic heterocycles. The topological polar surface area (TPSA) is 51.2 Å². The molecule has 2 aromatic rings. The zero-order chi connectivity index (χ0) is 23.4. The van der Waals surface area contributed by atoms with Gasteiger partial charge in [0.2, 0.25) is 0 Å². The molecule has 2 fully saturated rings. The van der Waals surface area contributed by atoms with E-state index in [4.69, 9.17) is 4.74 Å². The van der Waals surface area contributed by atoms with Gasteiger partial charge in [-0.3, -0.25) is 9.78 Å². The Morgan fingerprint density at radius 1 is 1.03 bits per heavy atom. The molecule has 1 N–H and O–H groups in total. The Bertz CT molecular complexity index is 993. The van der Waals surface area contributed by atoms with Gasteiger partial charge in [-0.05, 0) is 111 Å². The first-order chi connectivity index (χ1) is 16.6. The molecule has 0 saturated heterocycles. The van der Waals surface area contributed by atoms with Crippen molar-refractivity contribution in [2.45, 2.75) is 77.0 Å². The maximum absolute atomic E-state index is 12.5. The summed E-state index contributed by atoms with van der Waals surface area (Å²) in [6.07, 6.45) is 12.9. The molecule has 2 saturated carbocycles. The van der Waals surface area contributed by atoms with E-state index in [1.165, 1.54) is 31.2 Å². The summed E-state index contributed by atoms with van der Waals surface area (Å²) in [5, 5.41) is 3.52. The van der Waals surface area contributed by atoms with Gasteiger partial charge in [-0.2, -0.15) is 0 Å². The third-order valence-corrected chi connectivity index (χ3v) is 8.96. The number of nitrogens with zero attached hydrogens (tertiary/aromatic N) is 1. The van der Waals surface area contributed by atoms with Gasteiger partial charge in [0, 0.05) is 36.7 Å². The number of ketones is 1. The number of unbranched alkanes of at least 4 members (excludes halogenated alkanes) is 2. The van der Waals surface area contributed by atoms with Crippen molar-refractivity contribution in [1.29, 1.82) is 0 Å². The fraction of sp³-hybridized carbons (Fsp3) is 0.600. The van der Waals surface area contributed by atoms with Crippen molar-refractivity contribution < 1.29 is 55.4 Å². The van der Waals surface area contributed by atoms with E-state index in [1.54, 1.807) is 5.56 Å². The van der Waals surface area contributed by atoms with E-state index >= 15 is 0 Å². The monoisotopic (exact) mass is 725 g/mol. The third-order valence-electron chi connectivity index (χ3n) is 8.96. The Morgan fingerprint density at radius 2 is 1.89 bits per heavy atom. The fourth-order valence-corrected chi connectivity index (χ4v) is 7.03. The molecule has 3 aliphatic carbocycles. The number of halogens is 2. The molecule has 3 unspecified atom stereocenters. The maximum Gasteiger partial charge on any atom is 2.00 e. The Morgan fingerprint density at radius 3 is 2.70 bits per heavy atom. The van der Waals surface area contributed by atoms with Crippen LogP contribution in [0.15, 0.2) is 42.6 Å². The summed E-state index contributed by atoms with van der Waals surface area (Å²) in [6.45, 7) is 5.09. The number of rotatable bonds is 10. The molecule has 0 radical (unpaired) electrons. The molecular weight excluding hydrogens is 686 g/mol. The smallest absolute Gasteiger partial charge is 1.00 e. The number of carbonyl (C=O) groups is 1. The van der Waals surface area contributed by atoms with Gasteiger partial charge in [-0.15, -0.1) is 0 Å². The largest absolute Gasteiger partial charge is 2.00 e. The van der Waals surface area contributed by atoms with Crippen LogP contribution < -0.4 is 34.9 Å². The normalized spacial score (nSPS) is 25.4. The van der Waals surface area contributed by atoms with Crippen molar-refractivity contribution in [1.82, 2.24) is 10.3 Å². The van der Waals surface area contributed by atoms with Crippen molar-refractivity contribution in [2.24, 2.45) is 17.3 Å². The maximum atomic E-state index is 12.5. The Labute approximate surface area is 249 Å². The van der Waals surface area contributed by atoms with E-state index in [2.05, 4.69) is 41.5 Å². The fourth-order valence-electron chi connectivity index (χ4n) is 7.03. The first-order valence-corrected chi connectivity index (χ1v) is 13.5. The molecule has 0 amide bonds. The van der Waals surface area contributed by atoms with Crippen LogP contribution >= 0.6 is 0 Å². The molecule has 1 aromatic heterocycles. The van der Waals surface area contributed by atoms with Gasteiger partial charge in [0.25, 0.3) is 0 Å².